The second-order valence-electron chi connectivity index (χ2n) is 2.69. The van der Waals surface area contributed by atoms with Crippen LogP contribution in [0.2, 0.25) is 0 Å². The minimum atomic E-state index is -0.191. The van der Waals surface area contributed by atoms with Gasteiger partial charge in [-0.15, -0.1) is 0 Å². The van der Waals surface area contributed by atoms with E-state index in [1.165, 1.54) is 0 Å². The third-order valence-electron chi connectivity index (χ3n) is 1.95. The molecule has 3 heteroatoms. The summed E-state index contributed by atoms with van der Waals surface area (Å²) in [6, 6.07) is 5.32. The Morgan fingerprint density at radius 2 is 2.25 bits per heavy atom. The molecule has 0 atom stereocenters. The van der Waals surface area contributed by atoms with Gasteiger partial charge in [0.1, 0.15) is 0 Å². The molecule has 0 bridgehead atoms. The van der Waals surface area contributed by atoms with Crippen molar-refractivity contribution in [1.82, 2.24) is 0 Å². The van der Waals surface area contributed by atoms with Crippen LogP contribution in [0.1, 0.15) is 15.9 Å². The molecule has 12 heavy (non-hydrogen) atoms. The van der Waals surface area contributed by atoms with Crippen molar-refractivity contribution in [1.29, 1.82) is 0 Å². The van der Waals surface area contributed by atoms with Gasteiger partial charge in [0.2, 0.25) is 0 Å². The maximum atomic E-state index is 11.2. The Morgan fingerprint density at radius 3 is 3.00 bits per heavy atom. The molecule has 0 radical (unpaired) electrons. The minimum absolute atomic E-state index is 0.191. The van der Waals surface area contributed by atoms with Crippen LogP contribution in [-0.2, 0) is 6.42 Å². The number of hydrogen-bond acceptors (Lipinski definition) is 2. The number of aliphatic imine (C=N–C) groups is 1. The predicted molar refractivity (Wildman–Crippen MR) is 47.4 cm³/mol. The largest absolute Gasteiger partial charge is 0.398 e. The number of rotatable bonds is 0. The number of nitrogens with two attached hydrogens (primary N) is 1. The first-order chi connectivity index (χ1) is 5.79. The quantitative estimate of drug-likeness (QED) is 0.576. The normalized spacial score (nSPS) is 14.5. The smallest absolute Gasteiger partial charge is 0.277 e. The second kappa shape index (κ2) is 2.44. The van der Waals surface area contributed by atoms with Gasteiger partial charge in [0.25, 0.3) is 5.91 Å². The van der Waals surface area contributed by atoms with E-state index in [0.29, 0.717) is 17.7 Å². The molecule has 0 spiro atoms. The first-order valence-electron chi connectivity index (χ1n) is 3.73. The number of hydrogen-bond donors (Lipinski definition) is 1. The average Bonchev–Trinajstić information content (AvgIpc) is 2.07. The van der Waals surface area contributed by atoms with E-state index in [1.54, 1.807) is 24.4 Å². The van der Waals surface area contributed by atoms with Crippen molar-refractivity contribution in [2.75, 3.05) is 5.73 Å². The number of fused-ring (bicyclic) bond motifs is 1. The summed E-state index contributed by atoms with van der Waals surface area (Å²) < 4.78 is 0. The van der Waals surface area contributed by atoms with E-state index < -0.39 is 0 Å². The van der Waals surface area contributed by atoms with Gasteiger partial charge in [0, 0.05) is 23.9 Å². The van der Waals surface area contributed by atoms with Gasteiger partial charge in [0.05, 0.1) is 0 Å². The number of amides is 1. The second-order valence-corrected chi connectivity index (χ2v) is 2.69. The molecule has 2 N–H and O–H groups in total. The van der Waals surface area contributed by atoms with Crippen LogP contribution in [0.4, 0.5) is 5.69 Å². The van der Waals surface area contributed by atoms with Gasteiger partial charge in [-0.05, 0) is 17.7 Å². The van der Waals surface area contributed by atoms with Crippen molar-refractivity contribution >= 4 is 17.8 Å². The molecule has 0 aliphatic carbocycles. The lowest BCUT2D eigenvalue weighted by Crippen LogP contribution is -2.10. The lowest BCUT2D eigenvalue weighted by molar-refractivity contribution is 0.100. The fourth-order valence-electron chi connectivity index (χ4n) is 1.32. The fraction of sp³-hybridized carbons (Fsp3) is 0.111. The molecule has 0 saturated heterocycles. The summed E-state index contributed by atoms with van der Waals surface area (Å²) >= 11 is 0. The molecule has 0 unspecified atom stereocenters. The van der Waals surface area contributed by atoms with E-state index in [0.717, 1.165) is 5.56 Å². The summed E-state index contributed by atoms with van der Waals surface area (Å²) in [4.78, 5) is 14.9. The van der Waals surface area contributed by atoms with E-state index in [1.807, 2.05) is 0 Å². The molecular formula is C9H8N2O. The molecule has 0 aromatic heterocycles. The standard InChI is InChI=1S/C9H8N2O/c10-8-3-1-2-7-6(8)4-5-11-9(7)12/h1-3,5H,4,10H2. The number of carbonyl (C=O) groups is 1. The minimum Gasteiger partial charge on any atom is -0.398 e. The van der Waals surface area contributed by atoms with Crippen LogP contribution < -0.4 is 5.73 Å². The third-order valence-corrected chi connectivity index (χ3v) is 1.95. The number of anilines is 1. The van der Waals surface area contributed by atoms with Crippen LogP contribution in [0.25, 0.3) is 0 Å². The highest BCUT2D eigenvalue weighted by atomic mass is 16.1. The third kappa shape index (κ3) is 0.906. The Labute approximate surface area is 69.9 Å². The van der Waals surface area contributed by atoms with Crippen LogP contribution in [0.3, 0.4) is 0 Å². The number of nitrogens with zero attached hydrogens (tertiary/aromatic N) is 1. The topological polar surface area (TPSA) is 55.4 Å². The first kappa shape index (κ1) is 7.03. The Morgan fingerprint density at radius 1 is 1.42 bits per heavy atom. The monoisotopic (exact) mass is 160 g/mol. The Kier molecular flexibility index (Phi) is 1.43. The van der Waals surface area contributed by atoms with Gasteiger partial charge >= 0.3 is 0 Å². The highest BCUT2D eigenvalue weighted by Crippen LogP contribution is 2.20. The molecule has 0 fully saturated rings. The maximum Gasteiger partial charge on any atom is 0.277 e. The van der Waals surface area contributed by atoms with Gasteiger partial charge in [-0.3, -0.25) is 4.79 Å². The highest BCUT2D eigenvalue weighted by Gasteiger charge is 2.14. The molecule has 0 saturated carbocycles. The molecule has 1 heterocycles. The van der Waals surface area contributed by atoms with Crippen LogP contribution in [0.15, 0.2) is 23.2 Å². The van der Waals surface area contributed by atoms with Gasteiger partial charge in [-0.1, -0.05) is 6.07 Å². The zero-order chi connectivity index (χ0) is 8.55. The van der Waals surface area contributed by atoms with Gasteiger partial charge in [-0.25, -0.2) is 4.99 Å². The fourth-order valence-corrected chi connectivity index (χ4v) is 1.32. The molecule has 2 rings (SSSR count). The zero-order valence-corrected chi connectivity index (χ0v) is 6.45. The maximum absolute atomic E-state index is 11.2. The summed E-state index contributed by atoms with van der Waals surface area (Å²) in [7, 11) is 0. The number of nitrogen functional groups attached to an aromatic ring is 1. The van der Waals surface area contributed by atoms with E-state index in [2.05, 4.69) is 4.99 Å². The lowest BCUT2D eigenvalue weighted by Gasteiger charge is -2.10. The summed E-state index contributed by atoms with van der Waals surface area (Å²) in [5.41, 5.74) is 7.90. The number of benzene rings is 1. The van der Waals surface area contributed by atoms with Gasteiger partial charge < -0.3 is 5.73 Å². The van der Waals surface area contributed by atoms with Crippen LogP contribution in [0.5, 0.6) is 0 Å². The molecule has 3 nitrogen and oxygen atoms in total. The number of carbonyl (C=O) groups excluding carboxylic acids is 1. The first-order valence-corrected chi connectivity index (χ1v) is 3.73. The lowest BCUT2D eigenvalue weighted by atomic mass is 10.0. The van der Waals surface area contributed by atoms with E-state index in [9.17, 15) is 4.79 Å². The Hall–Kier alpha value is -1.64. The average molecular weight is 160 g/mol. The Bertz CT molecular complexity index is 369. The van der Waals surface area contributed by atoms with E-state index in [-0.39, 0.29) is 5.91 Å². The van der Waals surface area contributed by atoms with Crippen LogP contribution in [-0.4, -0.2) is 12.1 Å². The molecule has 60 valence electrons. The van der Waals surface area contributed by atoms with E-state index in [4.69, 9.17) is 5.73 Å². The molecule has 1 amide bonds. The van der Waals surface area contributed by atoms with Crippen molar-refractivity contribution in [3.05, 3.63) is 29.3 Å². The zero-order valence-electron chi connectivity index (χ0n) is 6.45. The molecule has 1 aliphatic heterocycles. The van der Waals surface area contributed by atoms with Crippen molar-refractivity contribution in [3.8, 4) is 0 Å². The molecule has 1 aromatic rings. The summed E-state index contributed by atoms with van der Waals surface area (Å²) in [6.07, 6.45) is 2.26. The van der Waals surface area contributed by atoms with Gasteiger partial charge in [-0.2, -0.15) is 0 Å². The summed E-state index contributed by atoms with van der Waals surface area (Å²) in [5, 5.41) is 0. The highest BCUT2D eigenvalue weighted by molar-refractivity contribution is 6.04. The molecular weight excluding hydrogens is 152 g/mol. The summed E-state index contributed by atoms with van der Waals surface area (Å²) in [5.74, 6) is -0.191. The molecule has 1 aliphatic rings. The van der Waals surface area contributed by atoms with Crippen molar-refractivity contribution in [2.24, 2.45) is 4.99 Å². The predicted octanol–water partition coefficient (Wildman–Crippen LogP) is 1.04. The Balaban J connectivity index is 2.65. The van der Waals surface area contributed by atoms with E-state index >= 15 is 0 Å². The van der Waals surface area contributed by atoms with Crippen molar-refractivity contribution < 1.29 is 4.79 Å². The molecule has 1 aromatic carbocycles. The summed E-state index contributed by atoms with van der Waals surface area (Å²) in [6.45, 7) is 0. The van der Waals surface area contributed by atoms with Gasteiger partial charge in [0.15, 0.2) is 0 Å². The van der Waals surface area contributed by atoms with Crippen molar-refractivity contribution in [3.63, 3.8) is 0 Å². The van der Waals surface area contributed by atoms with Crippen LogP contribution in [0, 0.1) is 0 Å². The SMILES string of the molecule is Nc1cccc2c1CC=NC2=O. The van der Waals surface area contributed by atoms with Crippen molar-refractivity contribution in [2.45, 2.75) is 6.42 Å². The van der Waals surface area contributed by atoms with Crippen LogP contribution >= 0.6 is 0 Å².